The number of hydrogen-bond acceptors (Lipinski definition) is 17. The van der Waals surface area contributed by atoms with Crippen molar-refractivity contribution in [2.45, 2.75) is 50.1 Å². The molecule has 4 atom stereocenters. The lowest BCUT2D eigenvalue weighted by atomic mass is 9.80. The molecule has 8 N–H and O–H groups in total. The predicted octanol–water partition coefficient (Wildman–Crippen LogP) is 6.24. The molecule has 17 heteroatoms. The van der Waals surface area contributed by atoms with Crippen molar-refractivity contribution in [2.75, 3.05) is 20.8 Å². The van der Waals surface area contributed by atoms with Crippen LogP contribution in [0.1, 0.15) is 68.8 Å². The number of hydrogen-bond donors (Lipinski definition) is 8. The molecule has 4 aliphatic heterocycles. The second-order valence-corrected chi connectivity index (χ2v) is 15.3. The molecule has 0 spiro atoms. The second-order valence-electron chi connectivity index (χ2n) is 15.3. The number of ether oxygens (including phenoxy) is 7. The van der Waals surface area contributed by atoms with E-state index in [-0.39, 0.29) is 64.2 Å². The fourth-order valence-electron chi connectivity index (χ4n) is 7.75. The largest absolute Gasteiger partial charge is 0.508 e. The maximum absolute atomic E-state index is 13.6. The monoisotopic (exact) mass is 852 g/mol. The number of carbonyl (C=O) groups is 2. The van der Waals surface area contributed by atoms with Gasteiger partial charge in [-0.1, -0.05) is 6.07 Å². The lowest BCUT2D eigenvalue weighted by Gasteiger charge is -2.39. The Morgan fingerprint density at radius 2 is 1.45 bits per heavy atom. The zero-order valence-electron chi connectivity index (χ0n) is 33.4. The molecule has 0 bridgehead atoms. The highest BCUT2D eigenvalue weighted by Crippen LogP contribution is 2.52. The zero-order chi connectivity index (χ0) is 44.4. The standard InChI is InChI=1S/C23H22O7.C22H18O10/c1-23(2)6-5-11-15(30-23)8-13(24)20-21(25)19-12-7-16(26-3)17(27-4)9-14(12)28-10-18(19)29-22(11)20;23-11-6-14(25)12-8-19(32-22(30)10-4-16(27)20(29)17(28)5-10)21(31-18(12)7-11)9-1-2-13(24)15(26)3-9/h5-9,18-19,24H,10H2,1-4H3;1-7,19,21,23-29H,8H2. The molecule has 4 heterocycles. The summed E-state index contributed by atoms with van der Waals surface area (Å²) in [7, 11) is 3.07. The molecule has 0 fully saturated rings. The van der Waals surface area contributed by atoms with Gasteiger partial charge in [-0.25, -0.2) is 4.79 Å². The van der Waals surface area contributed by atoms with E-state index in [1.54, 1.807) is 19.2 Å². The van der Waals surface area contributed by atoms with Crippen molar-refractivity contribution < 1.29 is 83.6 Å². The summed E-state index contributed by atoms with van der Waals surface area (Å²) in [6.45, 7) is 4.02. The highest BCUT2D eigenvalue weighted by atomic mass is 16.6. The number of aromatic hydroxyl groups is 8. The van der Waals surface area contributed by atoms with E-state index >= 15 is 0 Å². The summed E-state index contributed by atoms with van der Waals surface area (Å²) in [6, 6.07) is 13.0. The number of phenolic OH excluding ortho intramolecular Hbond substituents is 8. The normalized spacial score (nSPS) is 19.7. The van der Waals surface area contributed by atoms with Crippen molar-refractivity contribution in [2.24, 2.45) is 0 Å². The van der Waals surface area contributed by atoms with Gasteiger partial charge in [0.15, 0.2) is 52.1 Å². The molecule has 4 aliphatic rings. The van der Waals surface area contributed by atoms with Crippen molar-refractivity contribution in [3.63, 3.8) is 0 Å². The van der Waals surface area contributed by atoms with E-state index in [0.717, 1.165) is 18.2 Å². The van der Waals surface area contributed by atoms with Crippen LogP contribution in [0.3, 0.4) is 0 Å². The highest BCUT2D eigenvalue weighted by molar-refractivity contribution is 6.08. The Morgan fingerprint density at radius 3 is 2.15 bits per heavy atom. The lowest BCUT2D eigenvalue weighted by molar-refractivity contribution is -0.0189. The molecular formula is C45H40O17. The fourth-order valence-corrected chi connectivity index (χ4v) is 7.75. The van der Waals surface area contributed by atoms with E-state index in [9.17, 15) is 50.4 Å². The lowest BCUT2D eigenvalue weighted by Crippen LogP contribution is -2.43. The number of rotatable bonds is 5. The van der Waals surface area contributed by atoms with E-state index in [2.05, 4.69) is 0 Å². The molecule has 322 valence electrons. The van der Waals surface area contributed by atoms with Crippen LogP contribution in [0.4, 0.5) is 0 Å². The van der Waals surface area contributed by atoms with Crippen molar-refractivity contribution in [3.05, 3.63) is 100 Å². The second kappa shape index (κ2) is 15.3. The van der Waals surface area contributed by atoms with E-state index in [4.69, 9.17) is 33.2 Å². The van der Waals surface area contributed by atoms with Crippen LogP contribution in [-0.4, -0.2) is 91.2 Å². The number of esters is 1. The van der Waals surface area contributed by atoms with Crippen molar-refractivity contribution in [3.8, 4) is 80.5 Å². The summed E-state index contributed by atoms with van der Waals surface area (Å²) in [5, 5.41) is 78.9. The molecule has 0 aliphatic carbocycles. The van der Waals surface area contributed by atoms with Crippen molar-refractivity contribution in [1.29, 1.82) is 0 Å². The van der Waals surface area contributed by atoms with Gasteiger partial charge in [-0.2, -0.15) is 0 Å². The maximum Gasteiger partial charge on any atom is 0.338 e. The molecular weight excluding hydrogens is 812 g/mol. The minimum atomic E-state index is -1.06. The van der Waals surface area contributed by atoms with Crippen LogP contribution in [0.2, 0.25) is 0 Å². The van der Waals surface area contributed by atoms with Gasteiger partial charge in [0.25, 0.3) is 0 Å². The van der Waals surface area contributed by atoms with Gasteiger partial charge in [0.1, 0.15) is 70.2 Å². The van der Waals surface area contributed by atoms with Crippen LogP contribution in [0, 0.1) is 0 Å². The Balaban J connectivity index is 0.000000171. The first-order valence-corrected chi connectivity index (χ1v) is 19.0. The summed E-state index contributed by atoms with van der Waals surface area (Å²) in [5.74, 6) is -3.09. The molecule has 0 saturated heterocycles. The molecule has 5 aromatic carbocycles. The quantitative estimate of drug-likeness (QED) is 0.0718. The number of ketones is 1. The summed E-state index contributed by atoms with van der Waals surface area (Å²) in [4.78, 5) is 26.3. The SMILES string of the molecule is COc1cc2c(cc1OC)C1C(=O)c3c(O)cc4c(c3OC1CO2)C=CC(C)(C)O4.O=C(OC1Cc2c(O)cc(O)cc2OC1c1ccc(O)c(O)c1)c1cc(O)c(O)c(O)c1. The van der Waals surface area contributed by atoms with Crippen molar-refractivity contribution >= 4 is 17.8 Å². The predicted molar refractivity (Wildman–Crippen MR) is 216 cm³/mol. The Labute approximate surface area is 352 Å². The molecule has 0 aromatic heterocycles. The van der Waals surface area contributed by atoms with Gasteiger partial charge in [0.05, 0.1) is 31.3 Å². The van der Waals surface area contributed by atoms with Gasteiger partial charge < -0.3 is 74.0 Å². The zero-order valence-corrected chi connectivity index (χ0v) is 33.4. The maximum atomic E-state index is 13.6. The minimum absolute atomic E-state index is 0.0461. The molecule has 4 unspecified atom stereocenters. The Hall–Kier alpha value is -7.82. The van der Waals surface area contributed by atoms with Gasteiger partial charge in [0.2, 0.25) is 0 Å². The average Bonchev–Trinajstić information content (AvgIpc) is 3.22. The number of fused-ring (bicyclic) bond motifs is 7. The third-order valence-corrected chi connectivity index (χ3v) is 10.8. The van der Waals surface area contributed by atoms with E-state index < -0.39 is 58.8 Å². The van der Waals surface area contributed by atoms with Crippen molar-refractivity contribution in [1.82, 2.24) is 0 Å². The van der Waals surface area contributed by atoms with Gasteiger partial charge >= 0.3 is 5.97 Å². The molecule has 0 radical (unpaired) electrons. The summed E-state index contributed by atoms with van der Waals surface area (Å²) in [6.07, 6.45) is 1.11. The Bertz CT molecular complexity index is 2660. The van der Waals surface area contributed by atoms with Crippen LogP contribution in [-0.2, 0) is 11.2 Å². The number of carbonyl (C=O) groups excluding carboxylic acids is 2. The number of methoxy groups -OCH3 is 2. The van der Waals surface area contributed by atoms with Crippen LogP contribution in [0.5, 0.6) is 80.5 Å². The third kappa shape index (κ3) is 7.26. The minimum Gasteiger partial charge on any atom is -0.508 e. The van der Waals surface area contributed by atoms with E-state index in [1.807, 2.05) is 26.0 Å². The first kappa shape index (κ1) is 40.9. The molecule has 0 amide bonds. The average molecular weight is 853 g/mol. The third-order valence-electron chi connectivity index (χ3n) is 10.8. The smallest absolute Gasteiger partial charge is 0.338 e. The summed E-state index contributed by atoms with van der Waals surface area (Å²) >= 11 is 0. The first-order chi connectivity index (χ1) is 29.5. The summed E-state index contributed by atoms with van der Waals surface area (Å²) in [5.41, 5.74) is 1.25. The molecule has 0 saturated carbocycles. The van der Waals surface area contributed by atoms with Crippen LogP contribution < -0.4 is 28.4 Å². The van der Waals surface area contributed by atoms with Crippen LogP contribution >= 0.6 is 0 Å². The summed E-state index contributed by atoms with van der Waals surface area (Å²) < 4.78 is 40.2. The number of Topliss-reactive ketones (excluding diaryl/α,β-unsaturated/α-hetero) is 1. The highest BCUT2D eigenvalue weighted by Gasteiger charge is 2.46. The van der Waals surface area contributed by atoms with Crippen LogP contribution in [0.15, 0.2) is 66.7 Å². The first-order valence-electron chi connectivity index (χ1n) is 19.0. The van der Waals surface area contributed by atoms with Crippen LogP contribution in [0.25, 0.3) is 6.08 Å². The Morgan fingerprint density at radius 1 is 0.742 bits per heavy atom. The van der Waals surface area contributed by atoms with E-state index in [0.29, 0.717) is 45.4 Å². The topological polar surface area (TPSA) is 261 Å². The molecule has 62 heavy (non-hydrogen) atoms. The van der Waals surface area contributed by atoms with Gasteiger partial charge in [0, 0.05) is 47.4 Å². The molecule has 17 nitrogen and oxygen atoms in total. The number of benzene rings is 5. The van der Waals surface area contributed by atoms with Gasteiger partial charge in [-0.05, 0) is 56.3 Å². The van der Waals surface area contributed by atoms with E-state index in [1.165, 1.54) is 37.4 Å². The van der Waals surface area contributed by atoms with Gasteiger partial charge in [-0.15, -0.1) is 0 Å². The van der Waals surface area contributed by atoms with Gasteiger partial charge in [-0.3, -0.25) is 4.79 Å². The Kier molecular flexibility index (Phi) is 10.1. The number of phenols is 8. The fraction of sp³-hybridized carbons (Fsp3) is 0.244. The molecule has 9 rings (SSSR count). The molecule has 5 aromatic rings.